The van der Waals surface area contributed by atoms with E-state index in [1.807, 2.05) is 19.0 Å². The van der Waals surface area contributed by atoms with Crippen LogP contribution in [0.5, 0.6) is 0 Å². The number of amides is 1. The average Bonchev–Trinajstić information content (AvgIpc) is 2.34. The minimum Gasteiger partial charge on any atom is -0.342 e. The van der Waals surface area contributed by atoms with Crippen molar-refractivity contribution in [2.24, 2.45) is 5.92 Å². The molecule has 1 heterocycles. The molecule has 1 aliphatic rings. The van der Waals surface area contributed by atoms with Gasteiger partial charge in [0.25, 0.3) is 0 Å². The Morgan fingerprint density at radius 3 is 2.76 bits per heavy atom. The molecule has 1 rings (SSSR count). The van der Waals surface area contributed by atoms with Gasteiger partial charge in [0.1, 0.15) is 0 Å². The molecule has 17 heavy (non-hydrogen) atoms. The van der Waals surface area contributed by atoms with Crippen LogP contribution in [0.4, 0.5) is 0 Å². The van der Waals surface area contributed by atoms with Crippen LogP contribution >= 0.6 is 0 Å². The lowest BCUT2D eigenvalue weighted by atomic mass is 9.92. The van der Waals surface area contributed by atoms with Gasteiger partial charge >= 0.3 is 0 Å². The molecule has 0 aromatic rings. The lowest BCUT2D eigenvalue weighted by Crippen LogP contribution is -2.50. The predicted molar refractivity (Wildman–Crippen MR) is 71.0 cm³/mol. The molecule has 0 spiro atoms. The van der Waals surface area contributed by atoms with Crippen LogP contribution in [0.1, 0.15) is 26.7 Å². The summed E-state index contributed by atoms with van der Waals surface area (Å²) in [6, 6.07) is 0.419. The Hall–Kier alpha value is -0.610. The summed E-state index contributed by atoms with van der Waals surface area (Å²) in [5.41, 5.74) is 0. The number of piperidine rings is 1. The monoisotopic (exact) mass is 241 g/mol. The normalized spacial score (nSPS) is 25.9. The topological polar surface area (TPSA) is 35.6 Å². The summed E-state index contributed by atoms with van der Waals surface area (Å²) in [5.74, 6) is 0.841. The second kappa shape index (κ2) is 6.97. The third kappa shape index (κ3) is 3.96. The highest BCUT2D eigenvalue weighted by molar-refractivity contribution is 5.76. The number of hydrogen-bond donors (Lipinski definition) is 1. The highest BCUT2D eigenvalue weighted by atomic mass is 16.2. The summed E-state index contributed by atoms with van der Waals surface area (Å²) in [4.78, 5) is 16.4. The van der Waals surface area contributed by atoms with E-state index < -0.39 is 0 Å². The zero-order valence-corrected chi connectivity index (χ0v) is 11.7. The molecule has 1 N–H and O–H groups in total. The third-order valence-electron chi connectivity index (χ3n) is 3.87. The first-order valence-corrected chi connectivity index (χ1v) is 6.72. The number of nitrogens with one attached hydrogen (secondary N) is 1. The van der Waals surface area contributed by atoms with Crippen molar-refractivity contribution in [1.82, 2.24) is 15.1 Å². The van der Waals surface area contributed by atoms with Gasteiger partial charge in [-0.15, -0.1) is 0 Å². The molecular formula is C13H27N3O. The molecule has 1 fully saturated rings. The van der Waals surface area contributed by atoms with E-state index in [1.54, 1.807) is 0 Å². The smallest absolute Gasteiger partial charge is 0.223 e. The van der Waals surface area contributed by atoms with E-state index in [4.69, 9.17) is 0 Å². The van der Waals surface area contributed by atoms with Crippen molar-refractivity contribution in [1.29, 1.82) is 0 Å². The maximum Gasteiger partial charge on any atom is 0.223 e. The second-order valence-corrected chi connectivity index (χ2v) is 5.08. The predicted octanol–water partition coefficient (Wildman–Crippen LogP) is 0.785. The highest BCUT2D eigenvalue weighted by Gasteiger charge is 2.30. The molecule has 0 aliphatic carbocycles. The summed E-state index contributed by atoms with van der Waals surface area (Å²) >= 11 is 0. The maximum atomic E-state index is 12.0. The molecule has 4 heteroatoms. The average molecular weight is 241 g/mol. The number of likely N-dealkylation sites (tertiary alicyclic amines) is 1. The van der Waals surface area contributed by atoms with Gasteiger partial charge in [0.05, 0.1) is 0 Å². The number of nitrogens with zero attached hydrogens (tertiary/aromatic N) is 2. The summed E-state index contributed by atoms with van der Waals surface area (Å²) in [6.07, 6.45) is 1.71. The molecule has 1 saturated heterocycles. The Bertz CT molecular complexity index is 245. The van der Waals surface area contributed by atoms with Crippen LogP contribution in [-0.4, -0.2) is 62.0 Å². The fraction of sp³-hybridized carbons (Fsp3) is 0.923. The van der Waals surface area contributed by atoms with Gasteiger partial charge < -0.3 is 15.1 Å². The molecule has 1 amide bonds. The summed E-state index contributed by atoms with van der Waals surface area (Å²) in [6.45, 7) is 8.59. The quantitative estimate of drug-likeness (QED) is 0.773. The summed E-state index contributed by atoms with van der Waals surface area (Å²) in [5, 5.41) is 3.03. The van der Waals surface area contributed by atoms with Crippen LogP contribution in [0.15, 0.2) is 0 Å². The van der Waals surface area contributed by atoms with E-state index in [1.165, 1.54) is 0 Å². The van der Waals surface area contributed by atoms with E-state index in [0.29, 0.717) is 18.4 Å². The lowest BCUT2D eigenvalue weighted by molar-refractivity contribution is -0.133. The first-order valence-electron chi connectivity index (χ1n) is 6.72. The van der Waals surface area contributed by atoms with Crippen LogP contribution < -0.4 is 5.32 Å². The molecule has 0 radical (unpaired) electrons. The molecule has 4 nitrogen and oxygen atoms in total. The molecule has 2 atom stereocenters. The van der Waals surface area contributed by atoms with Crippen LogP contribution in [0.2, 0.25) is 0 Å². The van der Waals surface area contributed by atoms with Gasteiger partial charge in [0.15, 0.2) is 0 Å². The molecule has 1 aliphatic heterocycles. The van der Waals surface area contributed by atoms with Crippen molar-refractivity contribution in [3.8, 4) is 0 Å². The van der Waals surface area contributed by atoms with Crippen molar-refractivity contribution in [2.75, 3.05) is 40.3 Å². The molecule has 0 aromatic carbocycles. The SMILES string of the molecule is CCN1CCC(N(C)C(=O)CCNC)C(C)C1. The Morgan fingerprint density at radius 2 is 2.24 bits per heavy atom. The second-order valence-electron chi connectivity index (χ2n) is 5.08. The maximum absolute atomic E-state index is 12.0. The molecule has 2 unspecified atom stereocenters. The van der Waals surface area contributed by atoms with E-state index >= 15 is 0 Å². The molecule has 0 saturated carbocycles. The fourth-order valence-electron chi connectivity index (χ4n) is 2.68. The number of carbonyl (C=O) groups excluding carboxylic acids is 1. The molecule has 0 aromatic heterocycles. The number of rotatable bonds is 5. The Labute approximate surface area is 105 Å². The van der Waals surface area contributed by atoms with Crippen molar-refractivity contribution in [2.45, 2.75) is 32.7 Å². The van der Waals surface area contributed by atoms with E-state index in [-0.39, 0.29) is 5.91 Å². The van der Waals surface area contributed by atoms with Gasteiger partial charge in [-0.05, 0) is 25.9 Å². The summed E-state index contributed by atoms with van der Waals surface area (Å²) < 4.78 is 0. The van der Waals surface area contributed by atoms with Crippen molar-refractivity contribution < 1.29 is 4.79 Å². The van der Waals surface area contributed by atoms with Gasteiger partial charge in [-0.25, -0.2) is 0 Å². The Kier molecular flexibility index (Phi) is 5.92. The van der Waals surface area contributed by atoms with Crippen LogP contribution in [-0.2, 0) is 4.79 Å². The van der Waals surface area contributed by atoms with Crippen LogP contribution in [0.25, 0.3) is 0 Å². The third-order valence-corrected chi connectivity index (χ3v) is 3.87. The van der Waals surface area contributed by atoms with Gasteiger partial charge in [0.2, 0.25) is 5.91 Å². The first-order chi connectivity index (χ1) is 8.10. The zero-order valence-electron chi connectivity index (χ0n) is 11.7. The van der Waals surface area contributed by atoms with Gasteiger partial charge in [0, 0.05) is 39.1 Å². The van der Waals surface area contributed by atoms with Crippen LogP contribution in [0.3, 0.4) is 0 Å². The van der Waals surface area contributed by atoms with Crippen molar-refractivity contribution in [3.05, 3.63) is 0 Å². The zero-order chi connectivity index (χ0) is 12.8. The van der Waals surface area contributed by atoms with E-state index in [0.717, 1.165) is 32.6 Å². The summed E-state index contributed by atoms with van der Waals surface area (Å²) in [7, 11) is 3.84. The van der Waals surface area contributed by atoms with E-state index in [2.05, 4.69) is 24.1 Å². The fourth-order valence-corrected chi connectivity index (χ4v) is 2.68. The standard InChI is InChI=1S/C13H27N3O/c1-5-16-9-7-12(11(2)10-16)15(4)13(17)6-8-14-3/h11-12,14H,5-10H2,1-4H3. The Morgan fingerprint density at radius 1 is 1.53 bits per heavy atom. The minimum absolute atomic E-state index is 0.265. The van der Waals surface area contributed by atoms with Gasteiger partial charge in [-0.2, -0.15) is 0 Å². The minimum atomic E-state index is 0.265. The van der Waals surface area contributed by atoms with E-state index in [9.17, 15) is 4.79 Å². The van der Waals surface area contributed by atoms with Crippen molar-refractivity contribution >= 4 is 5.91 Å². The molecular weight excluding hydrogens is 214 g/mol. The first kappa shape index (κ1) is 14.5. The molecule has 100 valence electrons. The van der Waals surface area contributed by atoms with Gasteiger partial charge in [-0.3, -0.25) is 4.79 Å². The van der Waals surface area contributed by atoms with Crippen molar-refractivity contribution in [3.63, 3.8) is 0 Å². The lowest BCUT2D eigenvalue weighted by Gasteiger charge is -2.41. The van der Waals surface area contributed by atoms with Crippen LogP contribution in [0, 0.1) is 5.92 Å². The number of hydrogen-bond acceptors (Lipinski definition) is 3. The largest absolute Gasteiger partial charge is 0.342 e. The Balaban J connectivity index is 2.46. The number of carbonyl (C=O) groups is 1. The highest BCUT2D eigenvalue weighted by Crippen LogP contribution is 2.21. The molecule has 0 bridgehead atoms. The van der Waals surface area contributed by atoms with Gasteiger partial charge in [-0.1, -0.05) is 13.8 Å².